The highest BCUT2D eigenvalue weighted by molar-refractivity contribution is 5.80. The number of H-pyrrole nitrogens is 1. The Hall–Kier alpha value is -2.46. The number of carbonyl (C=O) groups is 3. The molecule has 10 nitrogen and oxygen atoms in total. The standard InChI is InChI=1S/C13H20N4O2.2CH2O2/c1-16-4-3-12(18)9(6-16)13(19)17-5-2-10-11(7-17)15-8-14-10;2*2-1-3/h8-9,12,18H,2-7H2,1H3,(H,14,15);2*1H,(H,2,3)/t9-,12-;;/m1../s1. The molecule has 1 fully saturated rings. The maximum Gasteiger partial charge on any atom is 0.290 e. The monoisotopic (exact) mass is 356 g/mol. The van der Waals surface area contributed by atoms with Crippen LogP contribution in [0, 0.1) is 5.92 Å². The van der Waals surface area contributed by atoms with Crippen LogP contribution in [0.5, 0.6) is 0 Å². The first-order valence-electron chi connectivity index (χ1n) is 7.80. The lowest BCUT2D eigenvalue weighted by Gasteiger charge is -2.37. The summed E-state index contributed by atoms with van der Waals surface area (Å²) in [4.78, 5) is 40.5. The smallest absolute Gasteiger partial charge is 0.290 e. The molecule has 2 aliphatic rings. The van der Waals surface area contributed by atoms with Gasteiger partial charge in [0.2, 0.25) is 5.91 Å². The van der Waals surface area contributed by atoms with Crippen LogP contribution >= 0.6 is 0 Å². The van der Waals surface area contributed by atoms with Crippen molar-refractivity contribution in [3.8, 4) is 0 Å². The summed E-state index contributed by atoms with van der Waals surface area (Å²) in [6.07, 6.45) is 2.65. The maximum absolute atomic E-state index is 12.5. The van der Waals surface area contributed by atoms with Crippen molar-refractivity contribution in [3.63, 3.8) is 0 Å². The fourth-order valence-electron chi connectivity index (χ4n) is 2.98. The van der Waals surface area contributed by atoms with Crippen LogP contribution in [-0.2, 0) is 27.3 Å². The van der Waals surface area contributed by atoms with Crippen molar-refractivity contribution in [2.24, 2.45) is 5.92 Å². The lowest BCUT2D eigenvalue weighted by molar-refractivity contribution is -0.143. The molecule has 1 saturated heterocycles. The number of carboxylic acid groups (broad SMARTS) is 2. The number of piperidine rings is 1. The Bertz CT molecular complexity index is 558. The topological polar surface area (TPSA) is 147 Å². The maximum atomic E-state index is 12.5. The number of aromatic amines is 1. The van der Waals surface area contributed by atoms with Crippen LogP contribution in [0.4, 0.5) is 0 Å². The van der Waals surface area contributed by atoms with Crippen LogP contribution in [0.15, 0.2) is 6.33 Å². The second-order valence-electron chi connectivity index (χ2n) is 5.77. The lowest BCUT2D eigenvalue weighted by atomic mass is 9.93. The van der Waals surface area contributed by atoms with Crippen LogP contribution in [0.1, 0.15) is 17.8 Å². The van der Waals surface area contributed by atoms with Crippen molar-refractivity contribution in [2.75, 3.05) is 26.7 Å². The quantitative estimate of drug-likeness (QED) is 0.469. The highest BCUT2D eigenvalue weighted by atomic mass is 16.3. The van der Waals surface area contributed by atoms with E-state index in [0.717, 1.165) is 24.4 Å². The number of nitrogens with one attached hydrogen (secondary N) is 1. The fourth-order valence-corrected chi connectivity index (χ4v) is 2.98. The predicted molar refractivity (Wildman–Crippen MR) is 86.7 cm³/mol. The number of hydrogen-bond acceptors (Lipinski definition) is 6. The van der Waals surface area contributed by atoms with Gasteiger partial charge in [0.05, 0.1) is 36.3 Å². The van der Waals surface area contributed by atoms with Gasteiger partial charge >= 0.3 is 0 Å². The van der Waals surface area contributed by atoms with Gasteiger partial charge in [-0.15, -0.1) is 0 Å². The average molecular weight is 356 g/mol. The minimum absolute atomic E-state index is 0.0688. The van der Waals surface area contributed by atoms with Gasteiger partial charge in [-0.1, -0.05) is 0 Å². The molecular weight excluding hydrogens is 332 g/mol. The molecule has 3 heterocycles. The molecule has 1 aromatic heterocycles. The zero-order valence-electron chi connectivity index (χ0n) is 14.0. The average Bonchev–Trinajstić information content (AvgIpc) is 3.05. The Labute approximate surface area is 145 Å². The van der Waals surface area contributed by atoms with Gasteiger partial charge in [-0.05, 0) is 13.5 Å². The number of nitrogens with zero attached hydrogens (tertiary/aromatic N) is 3. The van der Waals surface area contributed by atoms with Crippen molar-refractivity contribution < 1.29 is 29.7 Å². The molecule has 1 amide bonds. The Morgan fingerprint density at radius 2 is 1.96 bits per heavy atom. The number of amides is 1. The molecule has 140 valence electrons. The van der Waals surface area contributed by atoms with Crippen molar-refractivity contribution in [2.45, 2.75) is 25.5 Å². The summed E-state index contributed by atoms with van der Waals surface area (Å²) in [7, 11) is 2.00. The molecule has 2 aliphatic heterocycles. The fraction of sp³-hybridized carbons (Fsp3) is 0.600. The molecule has 0 spiro atoms. The molecule has 25 heavy (non-hydrogen) atoms. The Kier molecular flexibility index (Phi) is 8.57. The van der Waals surface area contributed by atoms with Gasteiger partial charge in [0, 0.05) is 26.1 Å². The van der Waals surface area contributed by atoms with Crippen LogP contribution in [0.25, 0.3) is 0 Å². The molecule has 0 bridgehead atoms. The molecular formula is C15H24N4O6. The van der Waals surface area contributed by atoms with Crippen LogP contribution in [-0.4, -0.2) is 86.7 Å². The number of aliphatic hydroxyl groups excluding tert-OH is 1. The highest BCUT2D eigenvalue weighted by Gasteiger charge is 2.35. The van der Waals surface area contributed by atoms with Gasteiger partial charge in [-0.25, -0.2) is 4.98 Å². The van der Waals surface area contributed by atoms with E-state index in [1.807, 2.05) is 11.9 Å². The first-order chi connectivity index (χ1) is 12.0. The Morgan fingerprint density at radius 1 is 1.32 bits per heavy atom. The van der Waals surface area contributed by atoms with Crippen molar-refractivity contribution in [3.05, 3.63) is 17.7 Å². The SMILES string of the molecule is CN1CC[C@@H](O)[C@H](C(=O)N2CCc3nc[nH]c3C2)C1.O=CO.O=CO. The molecule has 0 aliphatic carbocycles. The minimum Gasteiger partial charge on any atom is -0.483 e. The van der Waals surface area contributed by atoms with E-state index in [9.17, 15) is 9.90 Å². The Morgan fingerprint density at radius 3 is 2.60 bits per heavy atom. The number of aliphatic hydroxyl groups is 1. The van der Waals surface area contributed by atoms with E-state index < -0.39 is 6.10 Å². The van der Waals surface area contributed by atoms with E-state index in [2.05, 4.69) is 14.9 Å². The molecule has 4 N–H and O–H groups in total. The van der Waals surface area contributed by atoms with E-state index in [0.29, 0.717) is 26.1 Å². The summed E-state index contributed by atoms with van der Waals surface area (Å²) in [6.45, 7) is 2.28. The number of aromatic nitrogens is 2. The highest BCUT2D eigenvalue weighted by Crippen LogP contribution is 2.22. The summed E-state index contributed by atoms with van der Waals surface area (Å²) in [5, 5.41) is 23.8. The number of rotatable bonds is 1. The molecule has 2 atom stereocenters. The van der Waals surface area contributed by atoms with Gasteiger partial charge in [0.1, 0.15) is 0 Å². The first kappa shape index (κ1) is 20.6. The largest absolute Gasteiger partial charge is 0.483 e. The molecule has 0 unspecified atom stereocenters. The number of likely N-dealkylation sites (tertiary alicyclic amines) is 1. The normalized spacial score (nSPS) is 22.4. The van der Waals surface area contributed by atoms with Crippen molar-refractivity contribution in [1.82, 2.24) is 19.8 Å². The van der Waals surface area contributed by atoms with Crippen molar-refractivity contribution in [1.29, 1.82) is 0 Å². The minimum atomic E-state index is -0.508. The summed E-state index contributed by atoms with van der Waals surface area (Å²) < 4.78 is 0. The summed E-state index contributed by atoms with van der Waals surface area (Å²) in [5.41, 5.74) is 2.09. The Balaban J connectivity index is 0.000000460. The van der Waals surface area contributed by atoms with E-state index >= 15 is 0 Å². The molecule has 0 aromatic carbocycles. The second kappa shape index (κ2) is 10.4. The number of imidazole rings is 1. The third kappa shape index (κ3) is 5.84. The van der Waals surface area contributed by atoms with E-state index in [-0.39, 0.29) is 24.8 Å². The third-order valence-corrected chi connectivity index (χ3v) is 4.18. The second-order valence-corrected chi connectivity index (χ2v) is 5.77. The van der Waals surface area contributed by atoms with E-state index in [1.165, 1.54) is 0 Å². The molecule has 0 saturated carbocycles. The molecule has 0 radical (unpaired) electrons. The van der Waals surface area contributed by atoms with Crippen molar-refractivity contribution >= 4 is 18.9 Å². The van der Waals surface area contributed by atoms with E-state index in [4.69, 9.17) is 19.8 Å². The van der Waals surface area contributed by atoms with E-state index in [1.54, 1.807) is 6.33 Å². The van der Waals surface area contributed by atoms with Gasteiger partial charge in [-0.3, -0.25) is 14.4 Å². The van der Waals surface area contributed by atoms with Gasteiger partial charge < -0.3 is 30.1 Å². The zero-order valence-corrected chi connectivity index (χ0v) is 14.0. The number of carbonyl (C=O) groups excluding carboxylic acids is 1. The number of hydrogen-bond donors (Lipinski definition) is 4. The van der Waals surface area contributed by atoms with Gasteiger partial charge in [0.15, 0.2) is 0 Å². The lowest BCUT2D eigenvalue weighted by Crippen LogP contribution is -2.50. The summed E-state index contributed by atoms with van der Waals surface area (Å²) in [6, 6.07) is 0. The molecule has 1 aromatic rings. The van der Waals surface area contributed by atoms with Crippen LogP contribution in [0.2, 0.25) is 0 Å². The molecule has 10 heteroatoms. The first-order valence-corrected chi connectivity index (χ1v) is 7.80. The third-order valence-electron chi connectivity index (χ3n) is 4.18. The molecule has 3 rings (SSSR count). The van der Waals surface area contributed by atoms with Crippen LogP contribution in [0.3, 0.4) is 0 Å². The van der Waals surface area contributed by atoms with Crippen LogP contribution < -0.4 is 0 Å². The van der Waals surface area contributed by atoms with Gasteiger partial charge in [0.25, 0.3) is 12.9 Å². The summed E-state index contributed by atoms with van der Waals surface area (Å²) >= 11 is 0. The predicted octanol–water partition coefficient (Wildman–Crippen LogP) is -0.991. The van der Waals surface area contributed by atoms with Gasteiger partial charge in [-0.2, -0.15) is 0 Å². The number of fused-ring (bicyclic) bond motifs is 1. The summed E-state index contributed by atoms with van der Waals surface area (Å²) in [5.74, 6) is -0.220. The zero-order chi connectivity index (χ0) is 18.8.